The summed E-state index contributed by atoms with van der Waals surface area (Å²) in [5.41, 5.74) is 1.32. The standard InChI is InChI=1S/C21H23N3O3S/c1-2-19-8-3-4-13-24(19)28(26,27)20-11-9-17(10-12-20)21(25)23-18-7-5-6-16(14-18)15-22/h5-7,9-12,14,19H,2-4,8,13H2,1H3,(H,23,25). The van der Waals surface area contributed by atoms with Crippen LogP contribution in [0.4, 0.5) is 5.69 Å². The summed E-state index contributed by atoms with van der Waals surface area (Å²) in [7, 11) is -3.57. The third kappa shape index (κ3) is 4.24. The fourth-order valence-electron chi connectivity index (χ4n) is 3.48. The van der Waals surface area contributed by atoms with Crippen molar-refractivity contribution in [3.63, 3.8) is 0 Å². The van der Waals surface area contributed by atoms with E-state index in [2.05, 4.69) is 5.32 Å². The predicted octanol–water partition coefficient (Wildman–Crippen LogP) is 3.76. The second kappa shape index (κ2) is 8.55. The average Bonchev–Trinajstić information content (AvgIpc) is 2.73. The molecule has 3 rings (SSSR count). The molecular formula is C21H23N3O3S. The molecule has 0 saturated carbocycles. The van der Waals surface area contributed by atoms with Crippen molar-refractivity contribution in [2.75, 3.05) is 11.9 Å². The van der Waals surface area contributed by atoms with Gasteiger partial charge < -0.3 is 5.32 Å². The number of nitrogens with zero attached hydrogens (tertiary/aromatic N) is 2. The molecule has 1 N–H and O–H groups in total. The predicted molar refractivity (Wildman–Crippen MR) is 107 cm³/mol. The average molecular weight is 398 g/mol. The van der Waals surface area contributed by atoms with Crippen molar-refractivity contribution >= 4 is 21.6 Å². The maximum Gasteiger partial charge on any atom is 0.255 e. The van der Waals surface area contributed by atoms with E-state index in [0.717, 1.165) is 25.7 Å². The number of piperidine rings is 1. The van der Waals surface area contributed by atoms with E-state index in [4.69, 9.17) is 5.26 Å². The number of benzene rings is 2. The maximum atomic E-state index is 13.0. The van der Waals surface area contributed by atoms with Crippen LogP contribution in [-0.4, -0.2) is 31.2 Å². The topological polar surface area (TPSA) is 90.3 Å². The van der Waals surface area contributed by atoms with Gasteiger partial charge in [0.05, 0.1) is 16.5 Å². The number of hydrogen-bond acceptors (Lipinski definition) is 4. The van der Waals surface area contributed by atoms with Crippen molar-refractivity contribution in [1.82, 2.24) is 4.31 Å². The van der Waals surface area contributed by atoms with Gasteiger partial charge in [-0.05, 0) is 61.7 Å². The highest BCUT2D eigenvalue weighted by atomic mass is 32.2. The van der Waals surface area contributed by atoms with Crippen LogP contribution in [-0.2, 0) is 10.0 Å². The minimum atomic E-state index is -3.57. The van der Waals surface area contributed by atoms with E-state index >= 15 is 0 Å². The number of sulfonamides is 1. The van der Waals surface area contributed by atoms with E-state index in [-0.39, 0.29) is 16.8 Å². The minimum absolute atomic E-state index is 0.0362. The van der Waals surface area contributed by atoms with Gasteiger partial charge in [-0.3, -0.25) is 4.79 Å². The number of hydrogen-bond donors (Lipinski definition) is 1. The van der Waals surface area contributed by atoms with Gasteiger partial charge in [-0.2, -0.15) is 9.57 Å². The molecule has 1 saturated heterocycles. The molecule has 6 nitrogen and oxygen atoms in total. The number of rotatable bonds is 5. The van der Waals surface area contributed by atoms with E-state index in [1.165, 1.54) is 24.3 Å². The minimum Gasteiger partial charge on any atom is -0.322 e. The first-order valence-corrected chi connectivity index (χ1v) is 10.8. The Morgan fingerprint density at radius 1 is 1.21 bits per heavy atom. The molecule has 28 heavy (non-hydrogen) atoms. The molecule has 0 spiro atoms. The Balaban J connectivity index is 1.77. The third-order valence-corrected chi connectivity index (χ3v) is 6.98. The lowest BCUT2D eigenvalue weighted by molar-refractivity contribution is 0.102. The highest BCUT2D eigenvalue weighted by molar-refractivity contribution is 7.89. The molecule has 1 heterocycles. The summed E-state index contributed by atoms with van der Waals surface area (Å²) in [6, 6.07) is 14.7. The van der Waals surface area contributed by atoms with Crippen molar-refractivity contribution in [1.29, 1.82) is 5.26 Å². The smallest absolute Gasteiger partial charge is 0.255 e. The van der Waals surface area contributed by atoms with Crippen LogP contribution in [0.5, 0.6) is 0 Å². The Bertz CT molecular complexity index is 994. The molecule has 1 atom stereocenters. The Morgan fingerprint density at radius 3 is 2.64 bits per heavy atom. The van der Waals surface area contributed by atoms with Crippen LogP contribution in [0.15, 0.2) is 53.4 Å². The summed E-state index contributed by atoms with van der Waals surface area (Å²) in [6.07, 6.45) is 3.61. The molecule has 1 fully saturated rings. The lowest BCUT2D eigenvalue weighted by Gasteiger charge is -2.34. The van der Waals surface area contributed by atoms with E-state index in [1.807, 2.05) is 13.0 Å². The Kier molecular flexibility index (Phi) is 6.12. The van der Waals surface area contributed by atoms with Crippen molar-refractivity contribution in [2.24, 2.45) is 0 Å². The molecule has 1 amide bonds. The first-order chi connectivity index (χ1) is 13.5. The fraction of sp³-hybridized carbons (Fsp3) is 0.333. The van der Waals surface area contributed by atoms with Crippen LogP contribution in [0.2, 0.25) is 0 Å². The quantitative estimate of drug-likeness (QED) is 0.832. The SMILES string of the molecule is CCC1CCCCN1S(=O)(=O)c1ccc(C(=O)Nc2cccc(C#N)c2)cc1. The van der Waals surface area contributed by atoms with E-state index in [9.17, 15) is 13.2 Å². The molecule has 1 aliphatic rings. The van der Waals surface area contributed by atoms with Crippen LogP contribution < -0.4 is 5.32 Å². The Labute approximate surface area is 165 Å². The molecule has 146 valence electrons. The molecule has 0 radical (unpaired) electrons. The third-order valence-electron chi connectivity index (χ3n) is 5.02. The van der Waals surface area contributed by atoms with Gasteiger partial charge in [0.15, 0.2) is 0 Å². The zero-order valence-corrected chi connectivity index (χ0v) is 16.6. The molecule has 1 aliphatic heterocycles. The molecular weight excluding hydrogens is 374 g/mol. The van der Waals surface area contributed by atoms with Gasteiger partial charge in [0.1, 0.15) is 0 Å². The van der Waals surface area contributed by atoms with Crippen LogP contribution in [0.1, 0.15) is 48.5 Å². The highest BCUT2D eigenvalue weighted by Crippen LogP contribution is 2.27. The van der Waals surface area contributed by atoms with Gasteiger partial charge in [0.2, 0.25) is 10.0 Å². The van der Waals surface area contributed by atoms with Crippen molar-refractivity contribution in [3.05, 3.63) is 59.7 Å². The van der Waals surface area contributed by atoms with Crippen LogP contribution in [0.3, 0.4) is 0 Å². The fourth-order valence-corrected chi connectivity index (χ4v) is 5.25. The number of anilines is 1. The van der Waals surface area contributed by atoms with Gasteiger partial charge in [0, 0.05) is 23.8 Å². The summed E-state index contributed by atoms with van der Waals surface area (Å²) in [6.45, 7) is 2.55. The first kappa shape index (κ1) is 20.1. The number of nitriles is 1. The van der Waals surface area contributed by atoms with Crippen molar-refractivity contribution in [3.8, 4) is 6.07 Å². The van der Waals surface area contributed by atoms with E-state index in [1.54, 1.807) is 28.6 Å². The normalized spacial score (nSPS) is 17.6. The Morgan fingerprint density at radius 2 is 1.96 bits per heavy atom. The van der Waals surface area contributed by atoms with Gasteiger partial charge >= 0.3 is 0 Å². The molecule has 0 bridgehead atoms. The van der Waals surface area contributed by atoms with Crippen LogP contribution >= 0.6 is 0 Å². The zero-order chi connectivity index (χ0) is 20.1. The zero-order valence-electron chi connectivity index (χ0n) is 15.8. The van der Waals surface area contributed by atoms with Crippen molar-refractivity contribution < 1.29 is 13.2 Å². The number of nitrogens with one attached hydrogen (secondary N) is 1. The largest absolute Gasteiger partial charge is 0.322 e. The molecule has 0 aromatic heterocycles. The molecule has 7 heteroatoms. The second-order valence-corrected chi connectivity index (χ2v) is 8.74. The Hall–Kier alpha value is -2.69. The van der Waals surface area contributed by atoms with Gasteiger partial charge in [-0.25, -0.2) is 8.42 Å². The monoisotopic (exact) mass is 397 g/mol. The summed E-state index contributed by atoms with van der Waals surface area (Å²) in [4.78, 5) is 12.6. The van der Waals surface area contributed by atoms with E-state index in [0.29, 0.717) is 23.4 Å². The molecule has 0 aliphatic carbocycles. The molecule has 2 aromatic rings. The first-order valence-electron chi connectivity index (χ1n) is 9.39. The van der Waals surface area contributed by atoms with Crippen LogP contribution in [0, 0.1) is 11.3 Å². The summed E-state index contributed by atoms with van der Waals surface area (Å²) in [5, 5.41) is 11.7. The molecule has 1 unspecified atom stereocenters. The highest BCUT2D eigenvalue weighted by Gasteiger charge is 2.32. The maximum absolute atomic E-state index is 13.0. The number of carbonyl (C=O) groups excluding carboxylic acids is 1. The summed E-state index contributed by atoms with van der Waals surface area (Å²) >= 11 is 0. The molecule has 2 aromatic carbocycles. The number of carbonyl (C=O) groups is 1. The van der Waals surface area contributed by atoms with Crippen LogP contribution in [0.25, 0.3) is 0 Å². The van der Waals surface area contributed by atoms with Crippen molar-refractivity contribution in [2.45, 2.75) is 43.5 Å². The summed E-state index contributed by atoms with van der Waals surface area (Å²) in [5.74, 6) is -0.358. The van der Waals surface area contributed by atoms with Gasteiger partial charge in [-0.1, -0.05) is 19.4 Å². The second-order valence-electron chi connectivity index (χ2n) is 6.84. The summed E-state index contributed by atoms with van der Waals surface area (Å²) < 4.78 is 27.6. The van der Waals surface area contributed by atoms with Gasteiger partial charge in [0.25, 0.3) is 5.91 Å². The number of amides is 1. The lowest BCUT2D eigenvalue weighted by Crippen LogP contribution is -2.43. The lowest BCUT2D eigenvalue weighted by atomic mass is 10.0. The van der Waals surface area contributed by atoms with Gasteiger partial charge in [-0.15, -0.1) is 0 Å². The van der Waals surface area contributed by atoms with E-state index < -0.39 is 10.0 Å².